The van der Waals surface area contributed by atoms with Crippen molar-refractivity contribution < 1.29 is 9.53 Å². The lowest BCUT2D eigenvalue weighted by molar-refractivity contribution is -0.139. The Hall–Kier alpha value is -0.570. The first-order chi connectivity index (χ1) is 5.25. The lowest BCUT2D eigenvalue weighted by atomic mass is 10.2. The van der Waals surface area contributed by atoms with Gasteiger partial charge in [0.15, 0.2) is 0 Å². The molecule has 1 aliphatic heterocycles. The largest absolute Gasteiger partial charge is 0.368 e. The van der Waals surface area contributed by atoms with Gasteiger partial charge in [-0.2, -0.15) is 0 Å². The lowest BCUT2D eigenvalue weighted by Crippen LogP contribution is -2.35. The van der Waals surface area contributed by atoms with Gasteiger partial charge in [-0.1, -0.05) is 6.92 Å². The van der Waals surface area contributed by atoms with Crippen LogP contribution < -0.4 is 0 Å². The minimum Gasteiger partial charge on any atom is -0.368 e. The zero-order valence-corrected chi connectivity index (χ0v) is 7.17. The van der Waals surface area contributed by atoms with Gasteiger partial charge in [0.1, 0.15) is 6.10 Å². The molecule has 3 nitrogen and oxygen atoms in total. The van der Waals surface area contributed by atoms with Gasteiger partial charge in [0.05, 0.1) is 0 Å². The molecule has 1 unspecified atom stereocenters. The van der Waals surface area contributed by atoms with E-state index < -0.39 is 0 Å². The molecule has 1 fully saturated rings. The van der Waals surface area contributed by atoms with Crippen molar-refractivity contribution in [2.75, 3.05) is 20.2 Å². The number of amides is 1. The Morgan fingerprint density at radius 1 is 1.73 bits per heavy atom. The van der Waals surface area contributed by atoms with Crippen LogP contribution in [0, 0.1) is 0 Å². The molecule has 0 aromatic heterocycles. The van der Waals surface area contributed by atoms with E-state index in [1.165, 1.54) is 0 Å². The highest BCUT2D eigenvalue weighted by Gasteiger charge is 2.23. The summed E-state index contributed by atoms with van der Waals surface area (Å²) < 4.78 is 5.34. The highest BCUT2D eigenvalue weighted by atomic mass is 16.5. The predicted octanol–water partition coefficient (Wildman–Crippen LogP) is 0.644. The Kier molecular flexibility index (Phi) is 2.88. The number of carbonyl (C=O) groups excluding carboxylic acids is 1. The van der Waals surface area contributed by atoms with E-state index in [0.29, 0.717) is 6.61 Å². The van der Waals surface area contributed by atoms with Crippen LogP contribution in [0.3, 0.4) is 0 Å². The Balaban J connectivity index is 2.56. The Morgan fingerprint density at radius 3 is 3.09 bits per heavy atom. The summed E-state index contributed by atoms with van der Waals surface area (Å²) in [5, 5.41) is 0. The van der Waals surface area contributed by atoms with Crippen LogP contribution in [-0.2, 0) is 9.53 Å². The molecule has 1 rings (SSSR count). The highest BCUT2D eigenvalue weighted by Crippen LogP contribution is 2.07. The molecule has 64 valence electrons. The molecule has 1 atom stereocenters. The molecule has 0 radical (unpaired) electrons. The average Bonchev–Trinajstić information content (AvgIpc) is 2.16. The number of ether oxygens (including phenoxy) is 1. The summed E-state index contributed by atoms with van der Waals surface area (Å²) in [6.45, 7) is 3.52. The third-order valence-corrected chi connectivity index (χ3v) is 1.98. The molecule has 0 bridgehead atoms. The first-order valence-electron chi connectivity index (χ1n) is 4.12. The predicted molar refractivity (Wildman–Crippen MR) is 42.3 cm³/mol. The number of likely N-dealkylation sites (N-methyl/N-ethyl adjacent to an activating group) is 1. The van der Waals surface area contributed by atoms with Crippen molar-refractivity contribution in [3.63, 3.8) is 0 Å². The van der Waals surface area contributed by atoms with E-state index in [4.69, 9.17) is 4.74 Å². The Morgan fingerprint density at radius 2 is 2.45 bits per heavy atom. The van der Waals surface area contributed by atoms with Gasteiger partial charge in [0.2, 0.25) is 0 Å². The van der Waals surface area contributed by atoms with Gasteiger partial charge < -0.3 is 9.64 Å². The molecular weight excluding hydrogens is 142 g/mol. The number of carbonyl (C=O) groups is 1. The first-order valence-corrected chi connectivity index (χ1v) is 4.12. The average molecular weight is 157 g/mol. The molecule has 1 saturated heterocycles. The molecule has 1 amide bonds. The maximum atomic E-state index is 11.4. The minimum absolute atomic E-state index is 0.130. The van der Waals surface area contributed by atoms with Crippen molar-refractivity contribution in [1.82, 2.24) is 4.90 Å². The highest BCUT2D eigenvalue weighted by molar-refractivity contribution is 5.80. The van der Waals surface area contributed by atoms with Crippen LogP contribution in [0.15, 0.2) is 0 Å². The molecule has 0 aromatic carbocycles. The Bertz CT molecular complexity index is 147. The van der Waals surface area contributed by atoms with E-state index in [9.17, 15) is 4.79 Å². The number of rotatable bonds is 1. The van der Waals surface area contributed by atoms with Crippen LogP contribution in [-0.4, -0.2) is 37.1 Å². The monoisotopic (exact) mass is 157 g/mol. The van der Waals surface area contributed by atoms with Crippen LogP contribution in [0.1, 0.15) is 19.8 Å². The maximum Gasteiger partial charge on any atom is 0.251 e. The molecule has 1 heterocycles. The second-order valence-corrected chi connectivity index (χ2v) is 2.88. The molecule has 0 aliphatic carbocycles. The van der Waals surface area contributed by atoms with E-state index in [1.807, 2.05) is 14.0 Å². The SMILES string of the molecule is CCC1OCCCN(C)C1=O. The van der Waals surface area contributed by atoms with Gasteiger partial charge in [-0.3, -0.25) is 4.79 Å². The topological polar surface area (TPSA) is 29.5 Å². The summed E-state index contributed by atoms with van der Waals surface area (Å²) in [7, 11) is 1.83. The summed E-state index contributed by atoms with van der Waals surface area (Å²) >= 11 is 0. The van der Waals surface area contributed by atoms with E-state index in [-0.39, 0.29) is 12.0 Å². The van der Waals surface area contributed by atoms with Crippen molar-refractivity contribution in [2.24, 2.45) is 0 Å². The van der Waals surface area contributed by atoms with E-state index in [0.717, 1.165) is 19.4 Å². The summed E-state index contributed by atoms with van der Waals surface area (Å²) in [6, 6.07) is 0. The maximum absolute atomic E-state index is 11.4. The summed E-state index contributed by atoms with van der Waals surface area (Å²) in [5.74, 6) is 0.130. The summed E-state index contributed by atoms with van der Waals surface area (Å²) in [6.07, 6.45) is 1.55. The van der Waals surface area contributed by atoms with Gasteiger partial charge in [-0.05, 0) is 12.8 Å². The van der Waals surface area contributed by atoms with Gasteiger partial charge in [-0.25, -0.2) is 0 Å². The molecule has 0 saturated carbocycles. The van der Waals surface area contributed by atoms with Crippen molar-refractivity contribution in [3.05, 3.63) is 0 Å². The standard InChI is InChI=1S/C8H15NO2/c1-3-7-8(10)9(2)5-4-6-11-7/h7H,3-6H2,1-2H3. The van der Waals surface area contributed by atoms with E-state index in [2.05, 4.69) is 0 Å². The molecule has 0 spiro atoms. The second kappa shape index (κ2) is 3.72. The zero-order valence-electron chi connectivity index (χ0n) is 7.17. The summed E-state index contributed by atoms with van der Waals surface area (Å²) in [5.41, 5.74) is 0. The fraction of sp³-hybridized carbons (Fsp3) is 0.875. The molecule has 1 aliphatic rings. The third kappa shape index (κ3) is 1.93. The minimum atomic E-state index is -0.192. The fourth-order valence-corrected chi connectivity index (χ4v) is 1.25. The second-order valence-electron chi connectivity index (χ2n) is 2.88. The number of nitrogens with zero attached hydrogens (tertiary/aromatic N) is 1. The van der Waals surface area contributed by atoms with Crippen LogP contribution in [0.5, 0.6) is 0 Å². The van der Waals surface area contributed by atoms with Gasteiger partial charge in [-0.15, -0.1) is 0 Å². The van der Waals surface area contributed by atoms with Crippen molar-refractivity contribution in [3.8, 4) is 0 Å². The normalized spacial score (nSPS) is 26.9. The zero-order chi connectivity index (χ0) is 8.27. The molecule has 3 heteroatoms. The van der Waals surface area contributed by atoms with Gasteiger partial charge >= 0.3 is 0 Å². The van der Waals surface area contributed by atoms with Gasteiger partial charge in [0.25, 0.3) is 5.91 Å². The van der Waals surface area contributed by atoms with Crippen molar-refractivity contribution >= 4 is 5.91 Å². The lowest BCUT2D eigenvalue weighted by Gasteiger charge is -2.17. The fourth-order valence-electron chi connectivity index (χ4n) is 1.25. The number of hydrogen-bond donors (Lipinski definition) is 0. The molecule has 0 N–H and O–H groups in total. The number of hydrogen-bond acceptors (Lipinski definition) is 2. The molecular formula is C8H15NO2. The molecule has 11 heavy (non-hydrogen) atoms. The molecule has 0 aromatic rings. The first kappa shape index (κ1) is 8.53. The van der Waals surface area contributed by atoms with Gasteiger partial charge in [0, 0.05) is 20.2 Å². The third-order valence-electron chi connectivity index (χ3n) is 1.98. The van der Waals surface area contributed by atoms with Crippen molar-refractivity contribution in [1.29, 1.82) is 0 Å². The van der Waals surface area contributed by atoms with Crippen molar-refractivity contribution in [2.45, 2.75) is 25.9 Å². The van der Waals surface area contributed by atoms with Crippen LogP contribution in [0.2, 0.25) is 0 Å². The van der Waals surface area contributed by atoms with Crippen LogP contribution in [0.4, 0.5) is 0 Å². The van der Waals surface area contributed by atoms with Crippen LogP contribution >= 0.6 is 0 Å². The quantitative estimate of drug-likeness (QED) is 0.559. The van der Waals surface area contributed by atoms with Crippen LogP contribution in [0.25, 0.3) is 0 Å². The smallest absolute Gasteiger partial charge is 0.251 e. The van der Waals surface area contributed by atoms with E-state index >= 15 is 0 Å². The van der Waals surface area contributed by atoms with E-state index in [1.54, 1.807) is 4.90 Å². The Labute approximate surface area is 67.3 Å². The summed E-state index contributed by atoms with van der Waals surface area (Å²) in [4.78, 5) is 13.1.